The fourth-order valence-electron chi connectivity index (χ4n) is 2.93. The lowest BCUT2D eigenvalue weighted by molar-refractivity contribution is 0.0982. The summed E-state index contributed by atoms with van der Waals surface area (Å²) in [6.07, 6.45) is 0. The molecule has 3 rings (SSSR count). The Labute approximate surface area is 181 Å². The van der Waals surface area contributed by atoms with Crippen molar-refractivity contribution in [3.05, 3.63) is 47.5 Å². The maximum absolute atomic E-state index is 13.4. The topological polar surface area (TPSA) is 54.9 Å². The number of halogens is 1. The molecule has 0 aliphatic heterocycles. The number of aromatic nitrogens is 1. The lowest BCUT2D eigenvalue weighted by Crippen LogP contribution is -2.36. The summed E-state index contributed by atoms with van der Waals surface area (Å²) in [5, 5.41) is 0.653. The number of nitrogens with zero attached hydrogens (tertiary/aromatic N) is 3. The number of carbonyl (C=O) groups is 1. The van der Waals surface area contributed by atoms with Crippen LogP contribution >= 0.6 is 23.7 Å². The number of anilines is 1. The quantitative estimate of drug-likeness (QED) is 0.555. The van der Waals surface area contributed by atoms with Crippen LogP contribution in [0.4, 0.5) is 5.13 Å². The Morgan fingerprint density at radius 2 is 1.72 bits per heavy atom. The Bertz CT molecular complexity index is 990. The van der Waals surface area contributed by atoms with E-state index in [1.807, 2.05) is 50.2 Å². The zero-order valence-electron chi connectivity index (χ0n) is 17.3. The highest BCUT2D eigenvalue weighted by Crippen LogP contribution is 2.37. The highest BCUT2D eigenvalue weighted by atomic mass is 35.5. The Hall–Kier alpha value is -2.35. The maximum Gasteiger partial charge on any atom is 0.263 e. The van der Waals surface area contributed by atoms with Crippen LogP contribution in [0.5, 0.6) is 11.5 Å². The molecule has 0 atom stereocenters. The summed E-state index contributed by atoms with van der Waals surface area (Å²) >= 11 is 1.50. The predicted molar refractivity (Wildman–Crippen MR) is 121 cm³/mol. The van der Waals surface area contributed by atoms with Gasteiger partial charge in [-0.15, -0.1) is 12.4 Å². The molecule has 6 nitrogen and oxygen atoms in total. The van der Waals surface area contributed by atoms with Gasteiger partial charge in [0.25, 0.3) is 5.91 Å². The molecule has 0 aliphatic carbocycles. The first kappa shape index (κ1) is 22.9. The highest BCUT2D eigenvalue weighted by molar-refractivity contribution is 7.22. The van der Waals surface area contributed by atoms with Crippen LogP contribution in [0.15, 0.2) is 36.4 Å². The molecule has 0 N–H and O–H groups in total. The smallest absolute Gasteiger partial charge is 0.263 e. The third-order valence-electron chi connectivity index (χ3n) is 4.50. The van der Waals surface area contributed by atoms with Gasteiger partial charge in [-0.05, 0) is 44.8 Å². The number of ether oxygens (including phenoxy) is 2. The summed E-state index contributed by atoms with van der Waals surface area (Å²) in [7, 11) is 7.17. The first-order valence-corrected chi connectivity index (χ1v) is 9.81. The van der Waals surface area contributed by atoms with Gasteiger partial charge in [-0.25, -0.2) is 4.98 Å². The molecule has 3 aromatic rings. The number of rotatable bonds is 7. The molecule has 0 radical (unpaired) electrons. The van der Waals surface area contributed by atoms with E-state index >= 15 is 0 Å². The van der Waals surface area contributed by atoms with Crippen molar-refractivity contribution in [2.75, 3.05) is 46.3 Å². The molecule has 0 fully saturated rings. The van der Waals surface area contributed by atoms with Gasteiger partial charge in [0.15, 0.2) is 5.13 Å². The van der Waals surface area contributed by atoms with Crippen LogP contribution in [0, 0.1) is 6.92 Å². The molecule has 0 aliphatic rings. The van der Waals surface area contributed by atoms with Gasteiger partial charge in [0.1, 0.15) is 17.0 Å². The molecule has 1 aromatic heterocycles. The Morgan fingerprint density at radius 1 is 1.03 bits per heavy atom. The molecule has 0 bridgehead atoms. The third kappa shape index (κ3) is 4.80. The molecule has 0 saturated heterocycles. The fourth-order valence-corrected chi connectivity index (χ4v) is 4.01. The van der Waals surface area contributed by atoms with E-state index in [-0.39, 0.29) is 18.3 Å². The number of likely N-dealkylation sites (N-methyl/N-ethyl adjacent to an activating group) is 1. The average Bonchev–Trinajstić information content (AvgIpc) is 3.14. The summed E-state index contributed by atoms with van der Waals surface area (Å²) in [6.45, 7) is 3.27. The first-order chi connectivity index (χ1) is 13.5. The van der Waals surface area contributed by atoms with E-state index in [1.165, 1.54) is 11.3 Å². The largest absolute Gasteiger partial charge is 0.496 e. The lowest BCUT2D eigenvalue weighted by Gasteiger charge is -2.22. The summed E-state index contributed by atoms with van der Waals surface area (Å²) < 4.78 is 11.9. The van der Waals surface area contributed by atoms with E-state index in [0.717, 1.165) is 15.8 Å². The van der Waals surface area contributed by atoms with Gasteiger partial charge in [0.2, 0.25) is 0 Å². The van der Waals surface area contributed by atoms with E-state index in [9.17, 15) is 4.79 Å². The van der Waals surface area contributed by atoms with Crippen LogP contribution in [0.3, 0.4) is 0 Å². The van der Waals surface area contributed by atoms with Crippen molar-refractivity contribution in [3.63, 3.8) is 0 Å². The van der Waals surface area contributed by atoms with E-state index in [4.69, 9.17) is 14.5 Å². The molecular weight excluding hydrogens is 410 g/mol. The Balaban J connectivity index is 0.00000300. The number of thiazole rings is 1. The van der Waals surface area contributed by atoms with Crippen molar-refractivity contribution < 1.29 is 14.3 Å². The van der Waals surface area contributed by atoms with Gasteiger partial charge >= 0.3 is 0 Å². The number of para-hydroxylation sites is 1. The van der Waals surface area contributed by atoms with Gasteiger partial charge in [-0.3, -0.25) is 9.69 Å². The molecule has 0 spiro atoms. The van der Waals surface area contributed by atoms with Gasteiger partial charge in [0.05, 0.1) is 24.5 Å². The second kappa shape index (κ2) is 9.91. The highest BCUT2D eigenvalue weighted by Gasteiger charge is 2.25. The zero-order valence-corrected chi connectivity index (χ0v) is 18.9. The van der Waals surface area contributed by atoms with Crippen molar-refractivity contribution in [3.8, 4) is 11.5 Å². The molecule has 0 unspecified atom stereocenters. The summed E-state index contributed by atoms with van der Waals surface area (Å²) in [4.78, 5) is 21.9. The monoisotopic (exact) mass is 435 g/mol. The van der Waals surface area contributed by atoms with E-state index < -0.39 is 0 Å². The van der Waals surface area contributed by atoms with E-state index in [0.29, 0.717) is 35.3 Å². The summed E-state index contributed by atoms with van der Waals surface area (Å²) in [6, 6.07) is 11.2. The van der Waals surface area contributed by atoms with Crippen molar-refractivity contribution in [2.24, 2.45) is 0 Å². The van der Waals surface area contributed by atoms with Crippen LogP contribution in [0.1, 0.15) is 15.9 Å². The van der Waals surface area contributed by atoms with Crippen LogP contribution in [-0.2, 0) is 0 Å². The second-order valence-corrected chi connectivity index (χ2v) is 7.70. The standard InChI is InChI=1S/C21H25N3O3S.ClH/c1-14-10-11-17(27-5)18-19(14)28-21(22-18)24(13-12-23(2)3)20(25)15-8-6-7-9-16(15)26-4;/h6-11H,12-13H2,1-5H3;1H. The van der Waals surface area contributed by atoms with Crippen LogP contribution in [0.2, 0.25) is 0 Å². The van der Waals surface area contributed by atoms with Gasteiger partial charge in [-0.2, -0.15) is 0 Å². The number of hydrogen-bond donors (Lipinski definition) is 0. The molecule has 0 saturated carbocycles. The number of carbonyl (C=O) groups excluding carboxylic acids is 1. The minimum Gasteiger partial charge on any atom is -0.496 e. The summed E-state index contributed by atoms with van der Waals surface area (Å²) in [5.74, 6) is 1.13. The maximum atomic E-state index is 13.4. The normalized spacial score (nSPS) is 10.7. The van der Waals surface area contributed by atoms with E-state index in [2.05, 4.69) is 0 Å². The number of aryl methyl sites for hydroxylation is 1. The molecule has 29 heavy (non-hydrogen) atoms. The van der Waals surface area contributed by atoms with E-state index in [1.54, 1.807) is 31.3 Å². The zero-order chi connectivity index (χ0) is 20.3. The van der Waals surface area contributed by atoms with Crippen molar-refractivity contribution in [1.29, 1.82) is 0 Å². The molecule has 8 heteroatoms. The minimum absolute atomic E-state index is 0. The van der Waals surface area contributed by atoms with Gasteiger partial charge in [0, 0.05) is 13.1 Å². The first-order valence-electron chi connectivity index (χ1n) is 9.00. The number of fused-ring (bicyclic) bond motifs is 1. The average molecular weight is 436 g/mol. The van der Waals surface area contributed by atoms with Crippen molar-refractivity contribution >= 4 is 45.0 Å². The number of benzene rings is 2. The molecule has 1 heterocycles. The second-order valence-electron chi connectivity index (χ2n) is 6.72. The van der Waals surface area contributed by atoms with Crippen LogP contribution < -0.4 is 14.4 Å². The summed E-state index contributed by atoms with van der Waals surface area (Å²) in [5.41, 5.74) is 2.41. The Morgan fingerprint density at radius 3 is 2.38 bits per heavy atom. The van der Waals surface area contributed by atoms with Crippen molar-refractivity contribution in [1.82, 2.24) is 9.88 Å². The van der Waals surface area contributed by atoms with Gasteiger partial charge in [-0.1, -0.05) is 29.5 Å². The molecular formula is C21H26ClN3O3S. The number of hydrogen-bond acceptors (Lipinski definition) is 6. The van der Waals surface area contributed by atoms with Gasteiger partial charge < -0.3 is 14.4 Å². The van der Waals surface area contributed by atoms with Crippen LogP contribution in [-0.4, -0.2) is 57.2 Å². The Kier molecular flexibility index (Phi) is 7.84. The minimum atomic E-state index is -0.130. The fraction of sp³-hybridized carbons (Fsp3) is 0.333. The molecule has 1 amide bonds. The SMILES string of the molecule is COc1ccccc1C(=O)N(CCN(C)C)c1nc2c(OC)ccc(C)c2s1.Cl. The number of amides is 1. The van der Waals surface area contributed by atoms with Crippen molar-refractivity contribution in [2.45, 2.75) is 6.92 Å². The van der Waals surface area contributed by atoms with Crippen LogP contribution in [0.25, 0.3) is 10.2 Å². The molecule has 2 aromatic carbocycles. The lowest BCUT2D eigenvalue weighted by atomic mass is 10.1. The predicted octanol–water partition coefficient (Wildman–Crippen LogP) is 4.25. The molecule has 156 valence electrons. The third-order valence-corrected chi connectivity index (χ3v) is 5.71. The number of methoxy groups -OCH3 is 2.